The summed E-state index contributed by atoms with van der Waals surface area (Å²) in [6.45, 7) is 5.29. The maximum absolute atomic E-state index is 5.78. The third-order valence-electron chi connectivity index (χ3n) is 3.65. The lowest BCUT2D eigenvalue weighted by Gasteiger charge is -2.40. The van der Waals surface area contributed by atoms with Gasteiger partial charge in [0, 0.05) is 37.4 Å². The summed E-state index contributed by atoms with van der Waals surface area (Å²) in [4.78, 5) is 9.40. The fraction of sp³-hybridized carbons (Fsp3) is 0.538. The van der Waals surface area contributed by atoms with Gasteiger partial charge in [-0.3, -0.25) is 9.88 Å². The molecule has 2 N–H and O–H groups in total. The molecular formula is C13H20N4S. The summed E-state index contributed by atoms with van der Waals surface area (Å²) in [7, 11) is 2.18. The van der Waals surface area contributed by atoms with E-state index in [0.29, 0.717) is 11.0 Å². The molecule has 2 heterocycles. The van der Waals surface area contributed by atoms with Crippen LogP contribution in [0.3, 0.4) is 0 Å². The molecule has 0 aromatic carbocycles. The Morgan fingerprint density at radius 2 is 2.33 bits per heavy atom. The van der Waals surface area contributed by atoms with Crippen LogP contribution in [-0.4, -0.2) is 47.6 Å². The van der Waals surface area contributed by atoms with Crippen LogP contribution in [0.1, 0.15) is 18.9 Å². The molecule has 0 aliphatic carbocycles. The number of likely N-dealkylation sites (N-methyl/N-ethyl adjacent to an activating group) is 1. The fourth-order valence-electron chi connectivity index (χ4n) is 2.45. The summed E-state index contributed by atoms with van der Waals surface area (Å²) < 4.78 is 0. The van der Waals surface area contributed by atoms with Gasteiger partial charge in [-0.05, 0) is 19.5 Å². The molecule has 1 unspecified atom stereocenters. The zero-order chi connectivity index (χ0) is 13.1. The van der Waals surface area contributed by atoms with Gasteiger partial charge in [0.2, 0.25) is 0 Å². The van der Waals surface area contributed by atoms with E-state index in [2.05, 4.69) is 28.8 Å². The number of hydrogen-bond acceptors (Lipinski definition) is 4. The predicted molar refractivity (Wildman–Crippen MR) is 79.0 cm³/mol. The van der Waals surface area contributed by atoms with E-state index in [4.69, 9.17) is 18.0 Å². The van der Waals surface area contributed by atoms with Crippen LogP contribution in [0.25, 0.3) is 0 Å². The van der Waals surface area contributed by atoms with Crippen molar-refractivity contribution in [3.63, 3.8) is 0 Å². The number of anilines is 1. The second-order valence-electron chi connectivity index (χ2n) is 4.75. The Morgan fingerprint density at radius 3 is 3.00 bits per heavy atom. The van der Waals surface area contributed by atoms with E-state index in [-0.39, 0.29) is 0 Å². The summed E-state index contributed by atoms with van der Waals surface area (Å²) in [5.41, 5.74) is 7.78. The van der Waals surface area contributed by atoms with Gasteiger partial charge in [0.1, 0.15) is 4.99 Å². The molecule has 0 spiro atoms. The maximum Gasteiger partial charge on any atom is 0.106 e. The molecular weight excluding hydrogens is 244 g/mol. The van der Waals surface area contributed by atoms with E-state index in [1.807, 2.05) is 12.3 Å². The molecule has 0 radical (unpaired) electrons. The van der Waals surface area contributed by atoms with E-state index in [9.17, 15) is 0 Å². The zero-order valence-electron chi connectivity index (χ0n) is 11.0. The van der Waals surface area contributed by atoms with Crippen LogP contribution in [0.5, 0.6) is 0 Å². The minimum atomic E-state index is 0.444. The standard InChI is InChI=1S/C13H20N4S/c1-3-10-9-17(7-6-16(10)2)12-8-15-5-4-11(12)13(14)18/h4-5,8,10H,3,6-7,9H2,1-2H3,(H2,14,18). The number of rotatable bonds is 3. The molecule has 0 amide bonds. The van der Waals surface area contributed by atoms with Gasteiger partial charge in [-0.2, -0.15) is 0 Å². The van der Waals surface area contributed by atoms with Crippen molar-refractivity contribution in [1.82, 2.24) is 9.88 Å². The quantitative estimate of drug-likeness (QED) is 0.832. The van der Waals surface area contributed by atoms with E-state index in [1.165, 1.54) is 0 Å². The molecule has 0 bridgehead atoms. The van der Waals surface area contributed by atoms with Crippen LogP contribution in [-0.2, 0) is 0 Å². The first-order chi connectivity index (χ1) is 8.63. The molecule has 4 nitrogen and oxygen atoms in total. The Hall–Kier alpha value is -1.20. The van der Waals surface area contributed by atoms with Gasteiger partial charge in [0.25, 0.3) is 0 Å². The Balaban J connectivity index is 2.24. The number of hydrogen-bond donors (Lipinski definition) is 1. The summed E-state index contributed by atoms with van der Waals surface area (Å²) in [5, 5.41) is 0. The molecule has 1 aromatic heterocycles. The summed E-state index contributed by atoms with van der Waals surface area (Å²) in [6, 6.07) is 2.48. The number of nitrogens with zero attached hydrogens (tertiary/aromatic N) is 3. The van der Waals surface area contributed by atoms with Crippen LogP contribution < -0.4 is 10.6 Å². The Kier molecular flexibility index (Phi) is 4.14. The highest BCUT2D eigenvalue weighted by Crippen LogP contribution is 2.22. The van der Waals surface area contributed by atoms with Gasteiger partial charge < -0.3 is 10.6 Å². The molecule has 1 aromatic rings. The number of thiocarbonyl (C=S) groups is 1. The molecule has 98 valence electrons. The lowest BCUT2D eigenvalue weighted by molar-refractivity contribution is 0.213. The van der Waals surface area contributed by atoms with Gasteiger partial charge in [-0.15, -0.1) is 0 Å². The lowest BCUT2D eigenvalue weighted by Crippen LogP contribution is -2.51. The highest BCUT2D eigenvalue weighted by atomic mass is 32.1. The topological polar surface area (TPSA) is 45.4 Å². The largest absolute Gasteiger partial charge is 0.389 e. The first kappa shape index (κ1) is 13.2. The Bertz CT molecular complexity index is 435. The third-order valence-corrected chi connectivity index (χ3v) is 3.87. The van der Waals surface area contributed by atoms with Gasteiger partial charge in [0.15, 0.2) is 0 Å². The van der Waals surface area contributed by atoms with Crippen molar-refractivity contribution in [1.29, 1.82) is 0 Å². The minimum Gasteiger partial charge on any atom is -0.389 e. The number of aromatic nitrogens is 1. The van der Waals surface area contributed by atoms with Crippen LogP contribution in [0, 0.1) is 0 Å². The summed E-state index contributed by atoms with van der Waals surface area (Å²) >= 11 is 5.11. The van der Waals surface area contributed by atoms with Crippen LogP contribution in [0.4, 0.5) is 5.69 Å². The molecule has 1 saturated heterocycles. The average Bonchev–Trinajstić information content (AvgIpc) is 2.39. The van der Waals surface area contributed by atoms with E-state index < -0.39 is 0 Å². The fourth-order valence-corrected chi connectivity index (χ4v) is 2.62. The lowest BCUT2D eigenvalue weighted by atomic mass is 10.1. The van der Waals surface area contributed by atoms with Crippen molar-refractivity contribution in [2.45, 2.75) is 19.4 Å². The Morgan fingerprint density at radius 1 is 1.56 bits per heavy atom. The molecule has 1 aliphatic heterocycles. The first-order valence-electron chi connectivity index (χ1n) is 6.32. The minimum absolute atomic E-state index is 0.444. The summed E-state index contributed by atoms with van der Waals surface area (Å²) in [6.07, 6.45) is 4.76. The number of piperazine rings is 1. The van der Waals surface area contributed by atoms with E-state index in [0.717, 1.165) is 37.3 Å². The number of nitrogens with two attached hydrogens (primary N) is 1. The van der Waals surface area contributed by atoms with Crippen molar-refractivity contribution in [3.05, 3.63) is 24.0 Å². The number of pyridine rings is 1. The molecule has 0 saturated carbocycles. The van der Waals surface area contributed by atoms with E-state index >= 15 is 0 Å². The SMILES string of the molecule is CCC1CN(c2cnccc2C(N)=S)CCN1C. The predicted octanol–water partition coefficient (Wildman–Crippen LogP) is 1.25. The first-order valence-corrected chi connectivity index (χ1v) is 6.73. The van der Waals surface area contributed by atoms with Crippen LogP contribution in [0.2, 0.25) is 0 Å². The molecule has 5 heteroatoms. The second-order valence-corrected chi connectivity index (χ2v) is 5.19. The summed E-state index contributed by atoms with van der Waals surface area (Å²) in [5.74, 6) is 0. The van der Waals surface area contributed by atoms with Crippen molar-refractivity contribution < 1.29 is 0 Å². The highest BCUT2D eigenvalue weighted by molar-refractivity contribution is 7.80. The van der Waals surface area contributed by atoms with Crippen LogP contribution in [0.15, 0.2) is 18.5 Å². The average molecular weight is 264 g/mol. The monoisotopic (exact) mass is 264 g/mol. The third kappa shape index (κ3) is 2.62. The van der Waals surface area contributed by atoms with Gasteiger partial charge in [0.05, 0.1) is 11.9 Å². The van der Waals surface area contributed by atoms with Gasteiger partial charge in [-0.1, -0.05) is 19.1 Å². The van der Waals surface area contributed by atoms with Crippen LogP contribution >= 0.6 is 12.2 Å². The molecule has 1 fully saturated rings. The Labute approximate surface area is 114 Å². The van der Waals surface area contributed by atoms with E-state index in [1.54, 1.807) is 6.20 Å². The maximum atomic E-state index is 5.78. The highest BCUT2D eigenvalue weighted by Gasteiger charge is 2.24. The molecule has 18 heavy (non-hydrogen) atoms. The van der Waals surface area contributed by atoms with Gasteiger partial charge >= 0.3 is 0 Å². The molecule has 1 aliphatic rings. The van der Waals surface area contributed by atoms with Gasteiger partial charge in [-0.25, -0.2) is 0 Å². The van der Waals surface area contributed by atoms with Crippen molar-refractivity contribution in [2.24, 2.45) is 5.73 Å². The second kappa shape index (κ2) is 5.63. The smallest absolute Gasteiger partial charge is 0.106 e. The normalized spacial score (nSPS) is 21.0. The van der Waals surface area contributed by atoms with Crippen molar-refractivity contribution in [3.8, 4) is 0 Å². The zero-order valence-corrected chi connectivity index (χ0v) is 11.8. The van der Waals surface area contributed by atoms with Crippen molar-refractivity contribution >= 4 is 22.9 Å². The molecule has 2 rings (SSSR count). The molecule has 1 atom stereocenters. The van der Waals surface area contributed by atoms with Crippen molar-refractivity contribution in [2.75, 3.05) is 31.6 Å².